The van der Waals surface area contributed by atoms with E-state index in [0.29, 0.717) is 12.8 Å². The number of nitrogens with one attached hydrogen (secondary N) is 1. The van der Waals surface area contributed by atoms with Crippen LogP contribution in [-0.4, -0.2) is 49.2 Å². The van der Waals surface area contributed by atoms with E-state index >= 15 is 0 Å². The number of amides is 2. The van der Waals surface area contributed by atoms with E-state index in [9.17, 15) is 22.8 Å². The Bertz CT molecular complexity index is 975. The molecule has 4 heterocycles. The van der Waals surface area contributed by atoms with Gasteiger partial charge in [-0.05, 0) is 25.1 Å². The monoisotopic (exact) mass is 460 g/mol. The molecule has 168 valence electrons. The van der Waals surface area contributed by atoms with Crippen LogP contribution in [0.5, 0.6) is 0 Å². The van der Waals surface area contributed by atoms with Gasteiger partial charge in [0.05, 0.1) is 53.4 Å². The number of carbonyl (C=O) groups is 2. The Kier molecular flexibility index (Phi) is 4.36. The molecule has 6 atom stereocenters. The largest absolute Gasteiger partial charge is 0.453 e. The van der Waals surface area contributed by atoms with Crippen molar-refractivity contribution in [2.75, 3.05) is 18.6 Å². The van der Waals surface area contributed by atoms with Gasteiger partial charge in [-0.25, -0.2) is 4.79 Å². The molecule has 1 N–H and O–H groups in total. The fraction of sp³-hybridized carbons (Fsp3) is 0.600. The van der Waals surface area contributed by atoms with Crippen LogP contribution < -0.4 is 10.2 Å². The van der Waals surface area contributed by atoms with Crippen molar-refractivity contribution in [1.82, 2.24) is 5.32 Å². The molecule has 2 bridgehead atoms. The molecule has 7 nitrogen and oxygen atoms in total. The maximum Gasteiger partial charge on any atom is 0.417 e. The standard InChI is InChI=1S/C20H20ClF3N2O5/c1-18-8-12(25-17(28)29-2)19(31-18)5-6-30-16-14(19)13(18)15(27)26(16)9-3-4-11(21)10(7-9)20(22,23)24/h3-4,7,12-14,16H,5-6,8H2,1-2H3,(H,25,28)/t12-,13+,14-,16-,18+,19-/m1/s1. The first-order valence-electron chi connectivity index (χ1n) is 9.88. The number of ether oxygens (including phenoxy) is 3. The average molecular weight is 461 g/mol. The molecule has 0 aromatic heterocycles. The first-order chi connectivity index (χ1) is 14.5. The highest BCUT2D eigenvalue weighted by Gasteiger charge is 2.78. The lowest BCUT2D eigenvalue weighted by atomic mass is 9.64. The van der Waals surface area contributed by atoms with Crippen LogP contribution in [0.3, 0.4) is 0 Å². The van der Waals surface area contributed by atoms with Crippen LogP contribution in [0.25, 0.3) is 0 Å². The van der Waals surface area contributed by atoms with Crippen molar-refractivity contribution < 1.29 is 37.0 Å². The number of benzene rings is 1. The van der Waals surface area contributed by atoms with Gasteiger partial charge in [0, 0.05) is 18.5 Å². The third kappa shape index (κ3) is 2.74. The first kappa shape index (κ1) is 20.8. The Labute approximate surface area is 180 Å². The summed E-state index contributed by atoms with van der Waals surface area (Å²) in [5.74, 6) is -1.40. The van der Waals surface area contributed by atoms with Crippen molar-refractivity contribution in [2.24, 2.45) is 11.8 Å². The summed E-state index contributed by atoms with van der Waals surface area (Å²) in [6.07, 6.45) is -5.23. The predicted octanol–water partition coefficient (Wildman–Crippen LogP) is 3.34. The zero-order valence-electron chi connectivity index (χ0n) is 16.7. The third-order valence-corrected chi connectivity index (χ3v) is 7.39. The third-order valence-electron chi connectivity index (χ3n) is 7.06. The van der Waals surface area contributed by atoms with Gasteiger partial charge in [0.25, 0.3) is 0 Å². The fourth-order valence-electron chi connectivity index (χ4n) is 5.97. The molecule has 0 unspecified atom stereocenters. The zero-order chi connectivity index (χ0) is 22.3. The molecule has 2 amide bonds. The van der Waals surface area contributed by atoms with Gasteiger partial charge < -0.3 is 19.5 Å². The summed E-state index contributed by atoms with van der Waals surface area (Å²) in [7, 11) is 1.26. The molecule has 1 aromatic rings. The van der Waals surface area contributed by atoms with E-state index in [1.54, 1.807) is 6.92 Å². The highest BCUT2D eigenvalue weighted by atomic mass is 35.5. The number of rotatable bonds is 2. The Balaban J connectivity index is 1.56. The van der Waals surface area contributed by atoms with Crippen molar-refractivity contribution in [3.63, 3.8) is 0 Å². The van der Waals surface area contributed by atoms with Gasteiger partial charge in [-0.1, -0.05) is 11.6 Å². The lowest BCUT2D eigenvalue weighted by Crippen LogP contribution is -2.61. The van der Waals surface area contributed by atoms with Gasteiger partial charge in [0.1, 0.15) is 6.23 Å². The number of hydrogen-bond donors (Lipinski definition) is 1. The Morgan fingerprint density at radius 3 is 2.81 bits per heavy atom. The molecule has 5 rings (SSSR count). The molecule has 0 radical (unpaired) electrons. The SMILES string of the molecule is COC(=O)N[C@@H]1C[C@]2(C)O[C@]13CCO[C@@H]1[C@H]3[C@H]2C(=O)N1c1ccc(Cl)c(C(F)(F)F)c1. The molecule has 0 saturated carbocycles. The molecule has 1 aromatic carbocycles. The molecule has 0 aliphatic carbocycles. The summed E-state index contributed by atoms with van der Waals surface area (Å²) in [6.45, 7) is 2.03. The van der Waals surface area contributed by atoms with Crippen molar-refractivity contribution >= 4 is 29.3 Å². The topological polar surface area (TPSA) is 77.1 Å². The molecular formula is C20H20ClF3N2O5. The summed E-state index contributed by atoms with van der Waals surface area (Å²) < 4.78 is 57.3. The maximum absolute atomic E-state index is 13.5. The summed E-state index contributed by atoms with van der Waals surface area (Å²) in [6, 6.07) is 2.99. The number of nitrogens with zero attached hydrogens (tertiary/aromatic N) is 1. The van der Waals surface area contributed by atoms with Gasteiger partial charge >= 0.3 is 12.3 Å². The lowest BCUT2D eigenvalue weighted by Gasteiger charge is -2.45. The van der Waals surface area contributed by atoms with Crippen molar-refractivity contribution in [1.29, 1.82) is 0 Å². The summed E-state index contributed by atoms with van der Waals surface area (Å²) in [4.78, 5) is 26.7. The van der Waals surface area contributed by atoms with E-state index < -0.39 is 58.2 Å². The predicted molar refractivity (Wildman–Crippen MR) is 101 cm³/mol. The molecule has 4 aliphatic heterocycles. The first-order valence-corrected chi connectivity index (χ1v) is 10.3. The average Bonchev–Trinajstić information content (AvgIpc) is 3.25. The summed E-state index contributed by atoms with van der Waals surface area (Å²) >= 11 is 5.76. The molecular weight excluding hydrogens is 441 g/mol. The number of alkyl carbamates (subject to hydrolysis) is 1. The van der Waals surface area contributed by atoms with Crippen molar-refractivity contribution in [3.8, 4) is 0 Å². The minimum Gasteiger partial charge on any atom is -0.453 e. The van der Waals surface area contributed by atoms with Gasteiger partial charge in [-0.15, -0.1) is 0 Å². The van der Waals surface area contributed by atoms with Crippen molar-refractivity contribution in [3.05, 3.63) is 28.8 Å². The Morgan fingerprint density at radius 2 is 2.13 bits per heavy atom. The molecule has 4 saturated heterocycles. The minimum absolute atomic E-state index is 0.0682. The number of anilines is 1. The Morgan fingerprint density at radius 1 is 1.39 bits per heavy atom. The number of halogens is 4. The van der Waals surface area contributed by atoms with Gasteiger partial charge in [0.2, 0.25) is 5.91 Å². The van der Waals surface area contributed by atoms with E-state index in [1.165, 1.54) is 18.1 Å². The van der Waals surface area contributed by atoms with Crippen LogP contribution in [0.2, 0.25) is 5.02 Å². The number of hydrogen-bond acceptors (Lipinski definition) is 5. The fourth-order valence-corrected chi connectivity index (χ4v) is 6.20. The quantitative estimate of drug-likeness (QED) is 0.732. The van der Waals surface area contributed by atoms with Gasteiger partial charge in [0.15, 0.2) is 0 Å². The summed E-state index contributed by atoms with van der Waals surface area (Å²) in [5.41, 5.74) is -2.69. The van der Waals surface area contributed by atoms with Gasteiger partial charge in [-0.3, -0.25) is 9.69 Å². The van der Waals surface area contributed by atoms with Crippen LogP contribution >= 0.6 is 11.6 Å². The molecule has 11 heteroatoms. The molecule has 4 aliphatic rings. The van der Waals surface area contributed by atoms with E-state index in [4.69, 9.17) is 25.8 Å². The van der Waals surface area contributed by atoms with Crippen molar-refractivity contribution in [2.45, 2.75) is 49.4 Å². The molecule has 1 spiro atoms. The zero-order valence-corrected chi connectivity index (χ0v) is 17.4. The highest BCUT2D eigenvalue weighted by molar-refractivity contribution is 6.31. The van der Waals surface area contributed by atoms with Crippen LogP contribution in [-0.2, 0) is 25.2 Å². The second-order valence-corrected chi connectivity index (χ2v) is 9.05. The summed E-state index contributed by atoms with van der Waals surface area (Å²) in [5, 5.41) is 2.37. The normalized spacial score (nSPS) is 38.4. The number of alkyl halides is 3. The van der Waals surface area contributed by atoms with Crippen LogP contribution in [0, 0.1) is 11.8 Å². The van der Waals surface area contributed by atoms with Crippen LogP contribution in [0.4, 0.5) is 23.7 Å². The second kappa shape index (κ2) is 6.49. The number of methoxy groups -OCH3 is 1. The lowest BCUT2D eigenvalue weighted by molar-refractivity contribution is -0.144. The van der Waals surface area contributed by atoms with E-state index in [2.05, 4.69) is 5.32 Å². The van der Waals surface area contributed by atoms with E-state index in [0.717, 1.165) is 12.1 Å². The number of fused-ring (bicyclic) bond motifs is 2. The van der Waals surface area contributed by atoms with Crippen LogP contribution in [0.1, 0.15) is 25.3 Å². The van der Waals surface area contributed by atoms with Crippen LogP contribution in [0.15, 0.2) is 18.2 Å². The Hall–Kier alpha value is -2.04. The smallest absolute Gasteiger partial charge is 0.417 e. The van der Waals surface area contributed by atoms with Gasteiger partial charge in [-0.2, -0.15) is 13.2 Å². The molecule has 4 fully saturated rings. The number of carbonyl (C=O) groups excluding carboxylic acids is 2. The molecule has 31 heavy (non-hydrogen) atoms. The second-order valence-electron chi connectivity index (χ2n) is 8.65. The minimum atomic E-state index is -4.66. The maximum atomic E-state index is 13.5. The van der Waals surface area contributed by atoms with E-state index in [1.807, 2.05) is 0 Å². The van der Waals surface area contributed by atoms with E-state index in [-0.39, 0.29) is 18.2 Å². The highest BCUT2D eigenvalue weighted by Crippen LogP contribution is 2.65.